The second-order valence-corrected chi connectivity index (χ2v) is 3.90. The predicted octanol–water partition coefficient (Wildman–Crippen LogP) is 3.04. The molecular formula is C15H26N2O. The van der Waals surface area contributed by atoms with Crippen LogP contribution in [0.15, 0.2) is 24.3 Å². The third-order valence-corrected chi connectivity index (χ3v) is 3.01. The number of anilines is 1. The van der Waals surface area contributed by atoms with Crippen molar-refractivity contribution in [1.82, 2.24) is 5.32 Å². The van der Waals surface area contributed by atoms with Crippen LogP contribution in [0, 0.1) is 0 Å². The lowest BCUT2D eigenvalue weighted by Gasteiger charge is -2.23. The molecule has 1 heterocycles. The highest BCUT2D eigenvalue weighted by molar-refractivity contribution is 5.44. The number of nitrogens with one attached hydrogen (secondary N) is 2. The van der Waals surface area contributed by atoms with Gasteiger partial charge in [0.1, 0.15) is 6.79 Å². The van der Waals surface area contributed by atoms with Gasteiger partial charge in [0, 0.05) is 12.7 Å². The maximum absolute atomic E-state index is 8.00. The lowest BCUT2D eigenvalue weighted by Crippen LogP contribution is -2.26. The first-order chi connectivity index (χ1) is 8.90. The van der Waals surface area contributed by atoms with Crippen molar-refractivity contribution in [3.8, 4) is 0 Å². The largest absolute Gasteiger partial charge is 0.388 e. The summed E-state index contributed by atoms with van der Waals surface area (Å²) in [4.78, 5) is 8.00. The minimum Gasteiger partial charge on any atom is -0.388 e. The molecule has 0 aliphatic carbocycles. The van der Waals surface area contributed by atoms with E-state index >= 15 is 0 Å². The van der Waals surface area contributed by atoms with Gasteiger partial charge in [-0.1, -0.05) is 26.0 Å². The van der Waals surface area contributed by atoms with E-state index in [0.29, 0.717) is 0 Å². The Kier molecular flexibility index (Phi) is 9.97. The fourth-order valence-corrected chi connectivity index (χ4v) is 2.08. The maximum atomic E-state index is 8.00. The molecule has 0 spiro atoms. The van der Waals surface area contributed by atoms with Gasteiger partial charge in [0.2, 0.25) is 0 Å². The summed E-state index contributed by atoms with van der Waals surface area (Å²) in [6, 6.07) is 8.83. The number of rotatable bonds is 2. The van der Waals surface area contributed by atoms with E-state index < -0.39 is 0 Å². The summed E-state index contributed by atoms with van der Waals surface area (Å²) in [5, 5.41) is 6.54. The first-order valence-corrected chi connectivity index (χ1v) is 6.67. The van der Waals surface area contributed by atoms with E-state index in [-0.39, 0.29) is 0 Å². The van der Waals surface area contributed by atoms with Crippen molar-refractivity contribution in [3.05, 3.63) is 29.8 Å². The monoisotopic (exact) mass is 250 g/mol. The Morgan fingerprint density at radius 3 is 2.06 bits per heavy atom. The molecule has 1 saturated heterocycles. The first-order valence-electron chi connectivity index (χ1n) is 6.67. The number of hydrogen-bond acceptors (Lipinski definition) is 3. The molecule has 0 atom stereocenters. The molecule has 0 bridgehead atoms. The minimum absolute atomic E-state index is 0.766. The molecule has 0 amide bonds. The van der Waals surface area contributed by atoms with Crippen LogP contribution in [-0.2, 0) is 4.79 Å². The lowest BCUT2D eigenvalue weighted by atomic mass is 9.90. The Morgan fingerprint density at radius 1 is 1.11 bits per heavy atom. The van der Waals surface area contributed by atoms with Gasteiger partial charge in [-0.05, 0) is 49.5 Å². The lowest BCUT2D eigenvalue weighted by molar-refractivity contribution is -0.0979. The molecule has 18 heavy (non-hydrogen) atoms. The van der Waals surface area contributed by atoms with Crippen molar-refractivity contribution in [2.24, 2.45) is 0 Å². The molecule has 2 rings (SSSR count). The zero-order chi connectivity index (χ0) is 13.8. The average molecular weight is 250 g/mol. The second-order valence-electron chi connectivity index (χ2n) is 3.90. The molecule has 0 saturated carbocycles. The van der Waals surface area contributed by atoms with Gasteiger partial charge < -0.3 is 15.4 Å². The molecule has 0 unspecified atom stereocenters. The summed E-state index contributed by atoms with van der Waals surface area (Å²) in [7, 11) is 1.96. The zero-order valence-corrected chi connectivity index (χ0v) is 11.8. The summed E-state index contributed by atoms with van der Waals surface area (Å²) in [5.74, 6) is 0.766. The SMILES string of the molecule is C=O.CC.CNc1ccc(C2CCNCC2)cc1. The average Bonchev–Trinajstić information content (AvgIpc) is 2.52. The fourth-order valence-electron chi connectivity index (χ4n) is 2.08. The van der Waals surface area contributed by atoms with Crippen molar-refractivity contribution in [2.75, 3.05) is 25.5 Å². The molecule has 3 heteroatoms. The fraction of sp³-hybridized carbons (Fsp3) is 0.533. The summed E-state index contributed by atoms with van der Waals surface area (Å²) in [6.07, 6.45) is 2.55. The van der Waals surface area contributed by atoms with E-state index in [1.54, 1.807) is 0 Å². The van der Waals surface area contributed by atoms with Crippen molar-refractivity contribution in [1.29, 1.82) is 0 Å². The van der Waals surface area contributed by atoms with Gasteiger partial charge in [0.15, 0.2) is 0 Å². The molecular weight excluding hydrogens is 224 g/mol. The molecule has 1 aliphatic heterocycles. The summed E-state index contributed by atoms with van der Waals surface area (Å²) in [5.41, 5.74) is 2.69. The number of hydrogen-bond donors (Lipinski definition) is 2. The number of carbonyl (C=O) groups is 1. The van der Waals surface area contributed by atoms with Gasteiger partial charge in [-0.15, -0.1) is 0 Å². The molecule has 0 aromatic heterocycles. The Bertz CT molecular complexity index is 292. The van der Waals surface area contributed by atoms with E-state index in [4.69, 9.17) is 4.79 Å². The third-order valence-electron chi connectivity index (χ3n) is 3.01. The van der Waals surface area contributed by atoms with E-state index in [1.165, 1.54) is 37.2 Å². The summed E-state index contributed by atoms with van der Waals surface area (Å²) in [6.45, 7) is 8.33. The van der Waals surface area contributed by atoms with Crippen LogP contribution in [-0.4, -0.2) is 26.9 Å². The van der Waals surface area contributed by atoms with Crippen LogP contribution in [0.4, 0.5) is 5.69 Å². The molecule has 0 radical (unpaired) electrons. The smallest absolute Gasteiger partial charge is 0.106 e. The van der Waals surface area contributed by atoms with Gasteiger partial charge in [0.05, 0.1) is 0 Å². The Labute approximate surface area is 111 Å². The van der Waals surface area contributed by atoms with Crippen LogP contribution in [0.5, 0.6) is 0 Å². The van der Waals surface area contributed by atoms with Crippen molar-refractivity contribution in [2.45, 2.75) is 32.6 Å². The zero-order valence-electron chi connectivity index (χ0n) is 11.8. The van der Waals surface area contributed by atoms with Crippen molar-refractivity contribution >= 4 is 12.5 Å². The topological polar surface area (TPSA) is 41.1 Å². The van der Waals surface area contributed by atoms with E-state index in [2.05, 4.69) is 34.9 Å². The van der Waals surface area contributed by atoms with Gasteiger partial charge in [0.25, 0.3) is 0 Å². The number of benzene rings is 1. The molecule has 2 N–H and O–H groups in total. The second kappa shape index (κ2) is 10.8. The third kappa shape index (κ3) is 5.32. The van der Waals surface area contributed by atoms with E-state index in [1.807, 2.05) is 27.7 Å². The van der Waals surface area contributed by atoms with Gasteiger partial charge in [-0.2, -0.15) is 0 Å². The predicted molar refractivity (Wildman–Crippen MR) is 79.3 cm³/mol. The van der Waals surface area contributed by atoms with Crippen LogP contribution in [0.3, 0.4) is 0 Å². The molecule has 102 valence electrons. The van der Waals surface area contributed by atoms with Gasteiger partial charge >= 0.3 is 0 Å². The van der Waals surface area contributed by atoms with E-state index in [0.717, 1.165) is 5.92 Å². The minimum atomic E-state index is 0.766. The van der Waals surface area contributed by atoms with Crippen molar-refractivity contribution in [3.63, 3.8) is 0 Å². The molecule has 1 aliphatic rings. The van der Waals surface area contributed by atoms with E-state index in [9.17, 15) is 0 Å². The molecule has 1 aromatic carbocycles. The van der Waals surface area contributed by atoms with Gasteiger partial charge in [-0.3, -0.25) is 0 Å². The van der Waals surface area contributed by atoms with Crippen LogP contribution >= 0.6 is 0 Å². The molecule has 1 fully saturated rings. The Morgan fingerprint density at radius 2 is 1.61 bits per heavy atom. The van der Waals surface area contributed by atoms with Crippen LogP contribution in [0.2, 0.25) is 0 Å². The first kappa shape index (κ1) is 16.6. The number of piperidine rings is 1. The van der Waals surface area contributed by atoms with Crippen LogP contribution < -0.4 is 10.6 Å². The Hall–Kier alpha value is -1.35. The van der Waals surface area contributed by atoms with Gasteiger partial charge in [-0.25, -0.2) is 0 Å². The van der Waals surface area contributed by atoms with Crippen molar-refractivity contribution < 1.29 is 4.79 Å². The van der Waals surface area contributed by atoms with Crippen LogP contribution in [0.25, 0.3) is 0 Å². The highest BCUT2D eigenvalue weighted by atomic mass is 16.1. The highest BCUT2D eigenvalue weighted by Crippen LogP contribution is 2.25. The number of carbonyl (C=O) groups excluding carboxylic acids is 1. The standard InChI is InChI=1S/C12H18N2.C2H6.CH2O/c1-13-12-4-2-10(3-5-12)11-6-8-14-9-7-11;2*1-2/h2-5,11,13-14H,6-9H2,1H3;1-2H3;1H2. The van der Waals surface area contributed by atoms with Crippen LogP contribution in [0.1, 0.15) is 38.2 Å². The maximum Gasteiger partial charge on any atom is 0.106 e. The highest BCUT2D eigenvalue weighted by Gasteiger charge is 2.14. The molecule has 3 nitrogen and oxygen atoms in total. The molecule has 1 aromatic rings. The Balaban J connectivity index is 0.000000659. The summed E-state index contributed by atoms with van der Waals surface area (Å²) < 4.78 is 0. The quantitative estimate of drug-likeness (QED) is 0.847. The normalized spacial score (nSPS) is 14.6. The summed E-state index contributed by atoms with van der Waals surface area (Å²) >= 11 is 0.